The number of nitrogens with one attached hydrogen (secondary N) is 1. The Morgan fingerprint density at radius 3 is 3.00 bits per heavy atom. The first-order valence-electron chi connectivity index (χ1n) is 5.98. The lowest BCUT2D eigenvalue weighted by molar-refractivity contribution is 0.575. The van der Waals surface area contributed by atoms with E-state index in [1.165, 1.54) is 18.6 Å². The third kappa shape index (κ3) is 3.72. The zero-order valence-electron chi connectivity index (χ0n) is 10.4. The normalized spacial score (nSPS) is 19.2. The zero-order valence-corrected chi connectivity index (χ0v) is 12.8. The van der Waals surface area contributed by atoms with Gasteiger partial charge in [-0.25, -0.2) is 4.39 Å². The van der Waals surface area contributed by atoms with Crippen molar-refractivity contribution in [3.8, 4) is 0 Å². The Morgan fingerprint density at radius 2 is 2.33 bits per heavy atom. The first-order valence-corrected chi connectivity index (χ1v) is 7.65. The number of anilines is 1. The van der Waals surface area contributed by atoms with Crippen LogP contribution in [0, 0.1) is 11.7 Å². The second-order valence-electron chi connectivity index (χ2n) is 4.76. The van der Waals surface area contributed by atoms with Gasteiger partial charge in [-0.2, -0.15) is 0 Å². The number of rotatable bonds is 3. The lowest BCUT2D eigenvalue weighted by Crippen LogP contribution is -2.10. The molecule has 0 fully saturated rings. The SMILES string of the molecule is CC(C)CC1CN=C(Nc2ccc(F)cc2Br)S1. The quantitative estimate of drug-likeness (QED) is 0.881. The second kappa shape index (κ2) is 6.06. The van der Waals surface area contributed by atoms with E-state index in [0.29, 0.717) is 11.2 Å². The molecule has 1 aliphatic rings. The maximum Gasteiger partial charge on any atom is 0.161 e. The summed E-state index contributed by atoms with van der Waals surface area (Å²) in [7, 11) is 0. The molecule has 2 rings (SSSR count). The Kier molecular flexibility index (Phi) is 4.67. The topological polar surface area (TPSA) is 24.4 Å². The molecule has 1 N–H and O–H groups in total. The van der Waals surface area contributed by atoms with Gasteiger partial charge in [0.05, 0.1) is 12.2 Å². The van der Waals surface area contributed by atoms with Crippen LogP contribution >= 0.6 is 27.7 Å². The molecule has 0 spiro atoms. The summed E-state index contributed by atoms with van der Waals surface area (Å²) in [6.45, 7) is 5.31. The minimum atomic E-state index is -0.244. The van der Waals surface area contributed by atoms with Gasteiger partial charge in [0.2, 0.25) is 0 Å². The van der Waals surface area contributed by atoms with Gasteiger partial charge in [0.25, 0.3) is 0 Å². The molecule has 5 heteroatoms. The molecule has 1 aromatic rings. The minimum absolute atomic E-state index is 0.244. The average Bonchev–Trinajstić information content (AvgIpc) is 2.69. The Morgan fingerprint density at radius 1 is 1.56 bits per heavy atom. The van der Waals surface area contributed by atoms with Gasteiger partial charge in [-0.05, 0) is 46.5 Å². The highest BCUT2D eigenvalue weighted by Gasteiger charge is 2.20. The summed E-state index contributed by atoms with van der Waals surface area (Å²) in [4.78, 5) is 4.48. The molecule has 0 aromatic heterocycles. The maximum atomic E-state index is 13.0. The highest BCUT2D eigenvalue weighted by Crippen LogP contribution is 2.30. The van der Waals surface area contributed by atoms with E-state index in [9.17, 15) is 4.39 Å². The van der Waals surface area contributed by atoms with E-state index in [1.54, 1.807) is 17.8 Å². The molecule has 0 amide bonds. The Bertz CT molecular complexity index is 462. The van der Waals surface area contributed by atoms with Gasteiger partial charge in [0.1, 0.15) is 5.82 Å². The molecule has 1 aromatic carbocycles. The van der Waals surface area contributed by atoms with E-state index < -0.39 is 0 Å². The van der Waals surface area contributed by atoms with E-state index >= 15 is 0 Å². The number of thioether (sulfide) groups is 1. The summed E-state index contributed by atoms with van der Waals surface area (Å²) in [5.74, 6) is 0.445. The minimum Gasteiger partial charge on any atom is -0.334 e. The molecule has 2 nitrogen and oxygen atoms in total. The standard InChI is InChI=1S/C13H16BrFN2S/c1-8(2)5-10-7-16-13(18-10)17-12-4-3-9(15)6-11(12)14/h3-4,6,8,10H,5,7H2,1-2H3,(H,16,17). The van der Waals surface area contributed by atoms with Crippen molar-refractivity contribution in [3.63, 3.8) is 0 Å². The van der Waals surface area contributed by atoms with Crippen molar-refractivity contribution in [1.82, 2.24) is 0 Å². The molecule has 1 unspecified atom stereocenters. The maximum absolute atomic E-state index is 13.0. The van der Waals surface area contributed by atoms with Crippen LogP contribution in [0.5, 0.6) is 0 Å². The van der Waals surface area contributed by atoms with Gasteiger partial charge >= 0.3 is 0 Å². The molecule has 0 saturated heterocycles. The van der Waals surface area contributed by atoms with Crippen LogP contribution in [0.4, 0.5) is 10.1 Å². The summed E-state index contributed by atoms with van der Waals surface area (Å²) >= 11 is 5.11. The lowest BCUT2D eigenvalue weighted by atomic mass is 10.1. The Balaban J connectivity index is 1.95. The molecule has 1 heterocycles. The summed E-state index contributed by atoms with van der Waals surface area (Å²) in [5.41, 5.74) is 0.854. The van der Waals surface area contributed by atoms with Crippen LogP contribution in [-0.4, -0.2) is 17.0 Å². The molecule has 18 heavy (non-hydrogen) atoms. The largest absolute Gasteiger partial charge is 0.334 e. The van der Waals surface area contributed by atoms with Crippen LogP contribution < -0.4 is 5.32 Å². The summed E-state index contributed by atoms with van der Waals surface area (Å²) in [6.07, 6.45) is 1.17. The molecule has 0 saturated carbocycles. The molecule has 0 aliphatic carbocycles. The van der Waals surface area contributed by atoms with Gasteiger partial charge in [0.15, 0.2) is 5.17 Å². The van der Waals surface area contributed by atoms with Crippen LogP contribution in [0.15, 0.2) is 27.7 Å². The zero-order chi connectivity index (χ0) is 13.1. The molecule has 1 atom stereocenters. The predicted molar refractivity (Wildman–Crippen MR) is 80.9 cm³/mol. The molecular weight excluding hydrogens is 315 g/mol. The number of halogens is 2. The van der Waals surface area contributed by atoms with E-state index in [2.05, 4.69) is 40.1 Å². The Hall–Kier alpha value is -0.550. The van der Waals surface area contributed by atoms with Crippen molar-refractivity contribution in [2.45, 2.75) is 25.5 Å². The smallest absolute Gasteiger partial charge is 0.161 e. The first-order chi connectivity index (χ1) is 8.54. The summed E-state index contributed by atoms with van der Waals surface area (Å²) in [5, 5.41) is 4.72. The van der Waals surface area contributed by atoms with Crippen LogP contribution in [0.1, 0.15) is 20.3 Å². The molecule has 0 bridgehead atoms. The number of nitrogens with zero attached hydrogens (tertiary/aromatic N) is 1. The van der Waals surface area contributed by atoms with Crippen LogP contribution in [0.2, 0.25) is 0 Å². The molecule has 1 aliphatic heterocycles. The van der Waals surface area contributed by atoms with Gasteiger partial charge in [-0.15, -0.1) is 0 Å². The van der Waals surface area contributed by atoms with Crippen molar-refractivity contribution in [2.75, 3.05) is 11.9 Å². The van der Waals surface area contributed by atoms with Crippen LogP contribution in [0.3, 0.4) is 0 Å². The summed E-state index contributed by atoms with van der Waals surface area (Å²) in [6, 6.07) is 4.62. The third-order valence-electron chi connectivity index (χ3n) is 2.62. The third-order valence-corrected chi connectivity index (χ3v) is 4.41. The van der Waals surface area contributed by atoms with Gasteiger partial charge in [0, 0.05) is 9.72 Å². The van der Waals surface area contributed by atoms with E-state index in [0.717, 1.165) is 21.9 Å². The van der Waals surface area contributed by atoms with Crippen molar-refractivity contribution in [3.05, 3.63) is 28.5 Å². The highest BCUT2D eigenvalue weighted by atomic mass is 79.9. The lowest BCUT2D eigenvalue weighted by Gasteiger charge is -2.11. The number of amidine groups is 1. The van der Waals surface area contributed by atoms with E-state index in [4.69, 9.17) is 0 Å². The highest BCUT2D eigenvalue weighted by molar-refractivity contribution is 9.10. The number of benzene rings is 1. The van der Waals surface area contributed by atoms with Gasteiger partial charge in [-0.3, -0.25) is 4.99 Å². The van der Waals surface area contributed by atoms with E-state index in [1.807, 2.05) is 0 Å². The number of hydrogen-bond donors (Lipinski definition) is 1. The van der Waals surface area contributed by atoms with Crippen molar-refractivity contribution in [2.24, 2.45) is 10.9 Å². The van der Waals surface area contributed by atoms with Crippen molar-refractivity contribution >= 4 is 38.5 Å². The Labute approximate surface area is 120 Å². The van der Waals surface area contributed by atoms with Gasteiger partial charge in [-0.1, -0.05) is 25.6 Å². The fourth-order valence-corrected chi connectivity index (χ4v) is 3.55. The monoisotopic (exact) mass is 330 g/mol. The predicted octanol–water partition coefficient (Wildman–Crippen LogP) is 4.52. The fraction of sp³-hybridized carbons (Fsp3) is 0.462. The molecule has 0 radical (unpaired) electrons. The average molecular weight is 331 g/mol. The van der Waals surface area contributed by atoms with Gasteiger partial charge < -0.3 is 5.32 Å². The number of hydrogen-bond acceptors (Lipinski definition) is 3. The van der Waals surface area contributed by atoms with Crippen LogP contribution in [0.25, 0.3) is 0 Å². The fourth-order valence-electron chi connectivity index (χ4n) is 1.84. The van der Waals surface area contributed by atoms with Crippen LogP contribution in [-0.2, 0) is 0 Å². The summed E-state index contributed by atoms with van der Waals surface area (Å²) < 4.78 is 13.7. The van der Waals surface area contributed by atoms with Crippen molar-refractivity contribution < 1.29 is 4.39 Å². The van der Waals surface area contributed by atoms with E-state index in [-0.39, 0.29) is 5.82 Å². The first kappa shape index (κ1) is 13.9. The number of aliphatic imine (C=N–C) groups is 1. The molecule has 98 valence electrons. The second-order valence-corrected chi connectivity index (χ2v) is 6.91. The van der Waals surface area contributed by atoms with Crippen molar-refractivity contribution in [1.29, 1.82) is 0 Å². The molecular formula is C13H16BrFN2S.